The van der Waals surface area contributed by atoms with Crippen LogP contribution in [0.4, 0.5) is 8.78 Å². The van der Waals surface area contributed by atoms with Crippen LogP contribution in [0.1, 0.15) is 35.7 Å². The Morgan fingerprint density at radius 3 is 2.13 bits per heavy atom. The smallest absolute Gasteiger partial charge is 0.163 e. The maximum absolute atomic E-state index is 13.5. The van der Waals surface area contributed by atoms with E-state index in [1.165, 1.54) is 25.1 Å². The van der Waals surface area contributed by atoms with Gasteiger partial charge in [0.05, 0.1) is 5.56 Å². The zero-order chi connectivity index (χ0) is 16.8. The summed E-state index contributed by atoms with van der Waals surface area (Å²) in [6.07, 6.45) is 0.375. The molecule has 3 nitrogen and oxygen atoms in total. The molecular formula is C18H16F2O3. The number of ketones is 2. The largest absolute Gasteiger partial charge is 0.489 e. The van der Waals surface area contributed by atoms with E-state index in [-0.39, 0.29) is 36.6 Å². The predicted octanol–water partition coefficient (Wildman–Crippen LogP) is 4.10. The topological polar surface area (TPSA) is 43.4 Å². The van der Waals surface area contributed by atoms with Crippen molar-refractivity contribution in [1.29, 1.82) is 0 Å². The summed E-state index contributed by atoms with van der Waals surface area (Å²) in [5, 5.41) is 0. The van der Waals surface area contributed by atoms with Crippen LogP contribution in [-0.2, 0) is 11.4 Å². The molecule has 0 heterocycles. The fraction of sp³-hybridized carbons (Fsp3) is 0.222. The van der Waals surface area contributed by atoms with E-state index < -0.39 is 11.6 Å². The van der Waals surface area contributed by atoms with Crippen molar-refractivity contribution in [3.8, 4) is 5.75 Å². The molecule has 0 aliphatic carbocycles. The van der Waals surface area contributed by atoms with Crippen molar-refractivity contribution >= 4 is 11.6 Å². The molecule has 0 N–H and O–H groups in total. The van der Waals surface area contributed by atoms with E-state index in [2.05, 4.69) is 0 Å². The van der Waals surface area contributed by atoms with Gasteiger partial charge in [-0.3, -0.25) is 4.79 Å². The number of rotatable bonds is 7. The average molecular weight is 318 g/mol. The second-order valence-electron chi connectivity index (χ2n) is 5.14. The molecule has 0 aromatic heterocycles. The van der Waals surface area contributed by atoms with Gasteiger partial charge in [-0.15, -0.1) is 0 Å². The monoisotopic (exact) mass is 318 g/mol. The molecule has 0 atom stereocenters. The molecule has 5 heteroatoms. The van der Waals surface area contributed by atoms with E-state index in [1.54, 1.807) is 24.3 Å². The Kier molecular flexibility index (Phi) is 5.57. The summed E-state index contributed by atoms with van der Waals surface area (Å²) in [5.41, 5.74) is 0.324. The minimum atomic E-state index is -0.666. The average Bonchev–Trinajstić information content (AvgIpc) is 2.52. The first-order valence-corrected chi connectivity index (χ1v) is 7.16. The summed E-state index contributed by atoms with van der Waals surface area (Å²) in [4.78, 5) is 22.7. The zero-order valence-electron chi connectivity index (χ0n) is 12.6. The number of Topliss-reactive ketones (excluding diaryl/α,β-unsaturated/α-hetero) is 2. The molecule has 0 saturated heterocycles. The molecule has 0 spiro atoms. The molecule has 0 aliphatic rings. The number of carbonyl (C=O) groups is 2. The Morgan fingerprint density at radius 1 is 0.957 bits per heavy atom. The Bertz CT molecular complexity index is 688. The van der Waals surface area contributed by atoms with E-state index >= 15 is 0 Å². The second kappa shape index (κ2) is 7.63. The summed E-state index contributed by atoms with van der Waals surface area (Å²) >= 11 is 0. The summed E-state index contributed by atoms with van der Waals surface area (Å²) in [7, 11) is 0. The van der Waals surface area contributed by atoms with Crippen LogP contribution in [0.25, 0.3) is 0 Å². The van der Waals surface area contributed by atoms with Crippen LogP contribution in [0.15, 0.2) is 42.5 Å². The van der Waals surface area contributed by atoms with Crippen molar-refractivity contribution in [2.75, 3.05) is 0 Å². The van der Waals surface area contributed by atoms with Crippen LogP contribution >= 0.6 is 0 Å². The first kappa shape index (κ1) is 16.8. The molecular weight excluding hydrogens is 302 g/mol. The maximum atomic E-state index is 13.5. The third-order valence-electron chi connectivity index (χ3n) is 3.33. The maximum Gasteiger partial charge on any atom is 0.163 e. The van der Waals surface area contributed by atoms with Crippen molar-refractivity contribution in [2.24, 2.45) is 0 Å². The van der Waals surface area contributed by atoms with Crippen LogP contribution in [0.3, 0.4) is 0 Å². The van der Waals surface area contributed by atoms with Crippen molar-refractivity contribution in [3.05, 3.63) is 65.2 Å². The van der Waals surface area contributed by atoms with Gasteiger partial charge in [0.1, 0.15) is 29.8 Å². The number of carbonyl (C=O) groups excluding carboxylic acids is 2. The van der Waals surface area contributed by atoms with E-state index in [0.29, 0.717) is 11.3 Å². The Balaban J connectivity index is 1.97. The van der Waals surface area contributed by atoms with Gasteiger partial charge in [0.15, 0.2) is 5.78 Å². The Morgan fingerprint density at radius 2 is 1.57 bits per heavy atom. The van der Waals surface area contributed by atoms with Gasteiger partial charge >= 0.3 is 0 Å². The highest BCUT2D eigenvalue weighted by atomic mass is 19.1. The van der Waals surface area contributed by atoms with Gasteiger partial charge in [-0.05, 0) is 43.3 Å². The SMILES string of the molecule is CC(=O)CCC(=O)c1ccc(OCc2c(F)cccc2F)cc1. The van der Waals surface area contributed by atoms with Crippen molar-refractivity contribution in [1.82, 2.24) is 0 Å². The van der Waals surface area contributed by atoms with Crippen LogP contribution in [0.2, 0.25) is 0 Å². The fourth-order valence-corrected chi connectivity index (χ4v) is 2.00. The van der Waals surface area contributed by atoms with E-state index in [0.717, 1.165) is 0 Å². The third kappa shape index (κ3) is 4.71. The number of hydrogen-bond donors (Lipinski definition) is 0. The molecule has 2 rings (SSSR count). The highest BCUT2D eigenvalue weighted by Crippen LogP contribution is 2.18. The number of halogens is 2. The minimum Gasteiger partial charge on any atom is -0.489 e. The van der Waals surface area contributed by atoms with Crippen molar-refractivity contribution < 1.29 is 23.1 Å². The van der Waals surface area contributed by atoms with Crippen LogP contribution in [-0.4, -0.2) is 11.6 Å². The minimum absolute atomic E-state index is 0.0368. The summed E-state index contributed by atoms with van der Waals surface area (Å²) < 4.78 is 32.3. The second-order valence-corrected chi connectivity index (χ2v) is 5.14. The lowest BCUT2D eigenvalue weighted by molar-refractivity contribution is -0.116. The molecule has 0 radical (unpaired) electrons. The predicted molar refractivity (Wildman–Crippen MR) is 81.4 cm³/mol. The number of benzene rings is 2. The Labute approximate surface area is 132 Å². The molecule has 0 unspecified atom stereocenters. The van der Waals surface area contributed by atoms with E-state index in [4.69, 9.17) is 4.74 Å². The highest BCUT2D eigenvalue weighted by molar-refractivity contribution is 5.98. The fourth-order valence-electron chi connectivity index (χ4n) is 2.00. The van der Waals surface area contributed by atoms with Crippen molar-refractivity contribution in [2.45, 2.75) is 26.4 Å². The molecule has 120 valence electrons. The van der Waals surface area contributed by atoms with Crippen LogP contribution in [0.5, 0.6) is 5.75 Å². The summed E-state index contributed by atoms with van der Waals surface area (Å²) in [6, 6.07) is 9.86. The van der Waals surface area contributed by atoms with Gasteiger partial charge in [-0.2, -0.15) is 0 Å². The lowest BCUT2D eigenvalue weighted by Crippen LogP contribution is -2.03. The molecule has 0 amide bonds. The molecule has 0 bridgehead atoms. The molecule has 0 fully saturated rings. The van der Waals surface area contributed by atoms with Gasteiger partial charge in [0.25, 0.3) is 0 Å². The third-order valence-corrected chi connectivity index (χ3v) is 3.33. The van der Waals surface area contributed by atoms with E-state index in [9.17, 15) is 18.4 Å². The van der Waals surface area contributed by atoms with Crippen LogP contribution in [0, 0.1) is 11.6 Å². The first-order valence-electron chi connectivity index (χ1n) is 7.16. The van der Waals surface area contributed by atoms with Gasteiger partial charge in [-0.25, -0.2) is 8.78 Å². The summed E-state index contributed by atoms with van der Waals surface area (Å²) in [5.74, 6) is -1.10. The standard InChI is InChI=1S/C18H16F2O3/c1-12(21)5-10-18(22)13-6-8-14(9-7-13)23-11-15-16(19)3-2-4-17(15)20/h2-4,6-9H,5,10-11H2,1H3. The zero-order valence-corrected chi connectivity index (χ0v) is 12.6. The van der Waals surface area contributed by atoms with E-state index in [1.807, 2.05) is 0 Å². The van der Waals surface area contributed by atoms with Gasteiger partial charge in [-0.1, -0.05) is 6.07 Å². The van der Waals surface area contributed by atoms with Crippen LogP contribution < -0.4 is 4.74 Å². The first-order chi connectivity index (χ1) is 11.0. The van der Waals surface area contributed by atoms with Gasteiger partial charge < -0.3 is 9.53 Å². The molecule has 0 aliphatic heterocycles. The lowest BCUT2D eigenvalue weighted by Gasteiger charge is -2.08. The van der Waals surface area contributed by atoms with Gasteiger partial charge in [0, 0.05) is 18.4 Å². The van der Waals surface area contributed by atoms with Gasteiger partial charge in [0.2, 0.25) is 0 Å². The molecule has 2 aromatic rings. The number of hydrogen-bond acceptors (Lipinski definition) is 3. The Hall–Kier alpha value is -2.56. The molecule has 23 heavy (non-hydrogen) atoms. The molecule has 0 saturated carbocycles. The van der Waals surface area contributed by atoms with Crippen molar-refractivity contribution in [3.63, 3.8) is 0 Å². The quantitative estimate of drug-likeness (QED) is 0.722. The lowest BCUT2D eigenvalue weighted by atomic mass is 10.1. The normalized spacial score (nSPS) is 10.4. The number of ether oxygens (including phenoxy) is 1. The summed E-state index contributed by atoms with van der Waals surface area (Å²) in [6.45, 7) is 1.20. The molecule has 2 aromatic carbocycles. The highest BCUT2D eigenvalue weighted by Gasteiger charge is 2.10.